The number of carbonyl (C=O) groups is 1. The first-order valence-electron chi connectivity index (χ1n) is 8.88. The number of fused-ring (bicyclic) bond motifs is 1. The third-order valence-corrected chi connectivity index (χ3v) is 4.43. The minimum absolute atomic E-state index is 0.182. The molecule has 138 valence electrons. The summed E-state index contributed by atoms with van der Waals surface area (Å²) >= 11 is 0. The molecule has 0 saturated heterocycles. The van der Waals surface area contributed by atoms with Gasteiger partial charge in [-0.05, 0) is 36.4 Å². The zero-order valence-electron chi connectivity index (χ0n) is 15.0. The maximum atomic E-state index is 13.4. The standard InChI is InChI=1S/C22H17N3O3/c23-10-5-11-25(15-16-6-3-12-27-16)22(26)18-14-20(21-9-4-13-28-21)24-19-8-2-1-7-17(18)19/h1-4,6-9,12-14H,5,11,15H2. The molecule has 0 spiro atoms. The Morgan fingerprint density at radius 3 is 2.64 bits per heavy atom. The molecule has 1 amide bonds. The molecule has 0 atom stereocenters. The fourth-order valence-electron chi connectivity index (χ4n) is 3.10. The summed E-state index contributed by atoms with van der Waals surface area (Å²) in [6.07, 6.45) is 3.38. The smallest absolute Gasteiger partial charge is 0.255 e. The lowest BCUT2D eigenvalue weighted by atomic mass is 10.1. The topological polar surface area (TPSA) is 83.3 Å². The van der Waals surface area contributed by atoms with Crippen LogP contribution in [0.3, 0.4) is 0 Å². The van der Waals surface area contributed by atoms with Crippen molar-refractivity contribution in [2.45, 2.75) is 13.0 Å². The summed E-state index contributed by atoms with van der Waals surface area (Å²) in [6.45, 7) is 0.600. The van der Waals surface area contributed by atoms with Gasteiger partial charge in [-0.1, -0.05) is 18.2 Å². The van der Waals surface area contributed by atoms with Gasteiger partial charge < -0.3 is 13.7 Å². The Bertz CT molecular complexity index is 1130. The summed E-state index contributed by atoms with van der Waals surface area (Å²) in [4.78, 5) is 19.7. The average molecular weight is 371 g/mol. The number of benzene rings is 1. The zero-order valence-corrected chi connectivity index (χ0v) is 15.0. The first-order valence-corrected chi connectivity index (χ1v) is 8.88. The van der Waals surface area contributed by atoms with Crippen LogP contribution in [0.5, 0.6) is 0 Å². The van der Waals surface area contributed by atoms with Crippen LogP contribution in [0, 0.1) is 11.3 Å². The van der Waals surface area contributed by atoms with Crippen molar-refractivity contribution in [1.82, 2.24) is 9.88 Å². The largest absolute Gasteiger partial charge is 0.467 e. The lowest BCUT2D eigenvalue weighted by Crippen LogP contribution is -2.31. The lowest BCUT2D eigenvalue weighted by Gasteiger charge is -2.21. The molecule has 6 heteroatoms. The van der Waals surface area contributed by atoms with E-state index in [1.807, 2.05) is 36.4 Å². The summed E-state index contributed by atoms with van der Waals surface area (Å²) in [6, 6.07) is 18.5. The summed E-state index contributed by atoms with van der Waals surface area (Å²) in [5.74, 6) is 1.07. The second-order valence-electron chi connectivity index (χ2n) is 6.26. The number of nitriles is 1. The molecule has 0 saturated carbocycles. The van der Waals surface area contributed by atoms with Crippen LogP contribution in [-0.4, -0.2) is 22.3 Å². The van der Waals surface area contributed by atoms with E-state index in [4.69, 9.17) is 14.1 Å². The molecular weight excluding hydrogens is 354 g/mol. The molecule has 3 aromatic heterocycles. The van der Waals surface area contributed by atoms with Crippen molar-refractivity contribution in [3.8, 4) is 17.5 Å². The van der Waals surface area contributed by atoms with Gasteiger partial charge in [-0.25, -0.2) is 4.98 Å². The van der Waals surface area contributed by atoms with Gasteiger partial charge >= 0.3 is 0 Å². The highest BCUT2D eigenvalue weighted by Gasteiger charge is 2.21. The molecule has 0 radical (unpaired) electrons. The van der Waals surface area contributed by atoms with Gasteiger partial charge in [-0.3, -0.25) is 4.79 Å². The van der Waals surface area contributed by atoms with Crippen molar-refractivity contribution in [2.75, 3.05) is 6.54 Å². The van der Waals surface area contributed by atoms with Crippen LogP contribution in [0.4, 0.5) is 0 Å². The normalized spacial score (nSPS) is 10.7. The molecule has 0 aliphatic heterocycles. The number of nitrogens with zero attached hydrogens (tertiary/aromatic N) is 3. The molecule has 6 nitrogen and oxygen atoms in total. The molecule has 0 aliphatic rings. The lowest BCUT2D eigenvalue weighted by molar-refractivity contribution is 0.0737. The second kappa shape index (κ2) is 7.80. The molecule has 0 aliphatic carbocycles. The molecule has 0 unspecified atom stereocenters. The van der Waals surface area contributed by atoms with Crippen LogP contribution in [0.2, 0.25) is 0 Å². The summed E-state index contributed by atoms with van der Waals surface area (Å²) in [5.41, 5.74) is 1.81. The number of para-hydroxylation sites is 1. The minimum atomic E-state index is -0.182. The Morgan fingerprint density at radius 1 is 1.07 bits per heavy atom. The van der Waals surface area contributed by atoms with E-state index in [0.29, 0.717) is 41.4 Å². The van der Waals surface area contributed by atoms with Crippen molar-refractivity contribution in [1.29, 1.82) is 5.26 Å². The fourth-order valence-corrected chi connectivity index (χ4v) is 3.10. The zero-order chi connectivity index (χ0) is 19.3. The summed E-state index contributed by atoms with van der Waals surface area (Å²) in [5, 5.41) is 9.75. The van der Waals surface area contributed by atoms with Crippen LogP contribution >= 0.6 is 0 Å². The molecular formula is C22H17N3O3. The van der Waals surface area contributed by atoms with Gasteiger partial charge in [-0.2, -0.15) is 5.26 Å². The van der Waals surface area contributed by atoms with Crippen molar-refractivity contribution in [3.63, 3.8) is 0 Å². The molecule has 4 aromatic rings. The Kier molecular flexibility index (Phi) is 4.89. The van der Waals surface area contributed by atoms with Gasteiger partial charge in [0.25, 0.3) is 5.91 Å². The molecule has 0 fully saturated rings. The fraction of sp³-hybridized carbons (Fsp3) is 0.136. The highest BCUT2D eigenvalue weighted by atomic mass is 16.3. The molecule has 0 bridgehead atoms. The molecule has 1 aromatic carbocycles. The first kappa shape index (κ1) is 17.6. The molecule has 3 heterocycles. The van der Waals surface area contributed by atoms with Crippen LogP contribution in [0.25, 0.3) is 22.4 Å². The maximum absolute atomic E-state index is 13.4. The van der Waals surface area contributed by atoms with E-state index >= 15 is 0 Å². The van der Waals surface area contributed by atoms with E-state index in [1.54, 1.807) is 35.6 Å². The average Bonchev–Trinajstić information content (AvgIpc) is 3.44. The van der Waals surface area contributed by atoms with Gasteiger partial charge in [0.15, 0.2) is 5.76 Å². The van der Waals surface area contributed by atoms with Gasteiger partial charge in [0.05, 0.1) is 42.6 Å². The second-order valence-corrected chi connectivity index (χ2v) is 6.26. The maximum Gasteiger partial charge on any atom is 0.255 e. The number of pyridine rings is 1. The highest BCUT2D eigenvalue weighted by Crippen LogP contribution is 2.26. The van der Waals surface area contributed by atoms with E-state index in [-0.39, 0.29) is 12.3 Å². The Morgan fingerprint density at radius 2 is 1.89 bits per heavy atom. The third-order valence-electron chi connectivity index (χ3n) is 4.43. The van der Waals surface area contributed by atoms with Gasteiger partial charge in [-0.15, -0.1) is 0 Å². The number of furan rings is 2. The van der Waals surface area contributed by atoms with E-state index in [2.05, 4.69) is 11.1 Å². The van der Waals surface area contributed by atoms with Crippen molar-refractivity contribution < 1.29 is 13.6 Å². The van der Waals surface area contributed by atoms with Crippen molar-refractivity contribution >= 4 is 16.8 Å². The number of rotatable bonds is 6. The Labute approximate surface area is 161 Å². The van der Waals surface area contributed by atoms with E-state index < -0.39 is 0 Å². The number of amides is 1. The van der Waals surface area contributed by atoms with E-state index in [9.17, 15) is 4.79 Å². The summed E-state index contributed by atoms with van der Waals surface area (Å²) in [7, 11) is 0. The number of hydrogen-bond donors (Lipinski definition) is 0. The monoisotopic (exact) mass is 371 g/mol. The van der Waals surface area contributed by atoms with Gasteiger partial charge in [0.1, 0.15) is 11.5 Å². The van der Waals surface area contributed by atoms with E-state index in [0.717, 1.165) is 5.39 Å². The number of carbonyl (C=O) groups excluding carboxylic acids is 1. The van der Waals surface area contributed by atoms with Gasteiger partial charge in [0, 0.05) is 11.9 Å². The third kappa shape index (κ3) is 3.51. The van der Waals surface area contributed by atoms with Crippen molar-refractivity contribution in [3.05, 3.63) is 78.4 Å². The Hall–Kier alpha value is -3.85. The molecule has 4 rings (SSSR count). The van der Waals surface area contributed by atoms with Crippen LogP contribution in [-0.2, 0) is 6.54 Å². The number of hydrogen-bond acceptors (Lipinski definition) is 5. The van der Waals surface area contributed by atoms with E-state index in [1.165, 1.54) is 0 Å². The van der Waals surface area contributed by atoms with Gasteiger partial charge in [0.2, 0.25) is 0 Å². The minimum Gasteiger partial charge on any atom is -0.467 e. The number of aromatic nitrogens is 1. The predicted octanol–water partition coefficient (Wildman–Crippen LogP) is 4.64. The predicted molar refractivity (Wildman–Crippen MR) is 103 cm³/mol. The Balaban J connectivity index is 1.78. The van der Waals surface area contributed by atoms with Crippen LogP contribution in [0.15, 0.2) is 76.0 Å². The molecule has 0 N–H and O–H groups in total. The summed E-state index contributed by atoms with van der Waals surface area (Å²) < 4.78 is 10.9. The SMILES string of the molecule is N#CCCN(Cc1ccco1)C(=O)c1cc(-c2ccco2)nc2ccccc12. The quantitative estimate of drug-likeness (QED) is 0.493. The first-order chi connectivity index (χ1) is 13.8. The molecule has 28 heavy (non-hydrogen) atoms. The van der Waals surface area contributed by atoms with Crippen LogP contribution in [0.1, 0.15) is 22.5 Å². The highest BCUT2D eigenvalue weighted by molar-refractivity contribution is 6.07. The van der Waals surface area contributed by atoms with Crippen LogP contribution < -0.4 is 0 Å². The van der Waals surface area contributed by atoms with Crippen molar-refractivity contribution in [2.24, 2.45) is 0 Å².